The lowest BCUT2D eigenvalue weighted by Crippen LogP contribution is -1.80. The molecule has 0 nitrogen and oxygen atoms in total. The summed E-state index contributed by atoms with van der Waals surface area (Å²) in [5.41, 5.74) is 0.491. The molecule has 2 aromatic carbocycles. The van der Waals surface area contributed by atoms with Gasteiger partial charge in [-0.1, -0.05) is 24.3 Å². The monoisotopic (exact) mass is 158 g/mol. The van der Waals surface area contributed by atoms with Crippen molar-refractivity contribution in [3.8, 4) is 0 Å². The Morgan fingerprint density at radius 3 is 2.67 bits per heavy atom. The molecule has 0 atom stereocenters. The molecule has 1 heteroatoms. The molecule has 0 fully saturated rings. The minimum absolute atomic E-state index is 0.286. The van der Waals surface area contributed by atoms with Crippen LogP contribution in [0.15, 0.2) is 36.4 Å². The Bertz CT molecular complexity index is 418. The summed E-state index contributed by atoms with van der Waals surface area (Å²) >= 11 is 0. The second-order valence-corrected chi connectivity index (χ2v) is 2.72. The van der Waals surface area contributed by atoms with Crippen molar-refractivity contribution in [1.82, 2.24) is 0 Å². The molecular weight excluding hydrogens is 151 g/mol. The molecule has 2 rings (SSSR count). The van der Waals surface area contributed by atoms with Crippen molar-refractivity contribution < 1.29 is 4.39 Å². The van der Waals surface area contributed by atoms with Crippen LogP contribution in [-0.2, 0) is 0 Å². The highest BCUT2D eigenvalue weighted by atomic mass is 19.1. The van der Waals surface area contributed by atoms with E-state index in [0.29, 0.717) is 5.56 Å². The fourth-order valence-electron chi connectivity index (χ4n) is 1.30. The van der Waals surface area contributed by atoms with Crippen LogP contribution in [0.25, 0.3) is 10.8 Å². The third kappa shape index (κ3) is 1.07. The molecule has 0 bridgehead atoms. The molecular formula is C11H7F. The maximum atomic E-state index is 12.8. The van der Waals surface area contributed by atoms with Gasteiger partial charge >= 0.3 is 0 Å². The van der Waals surface area contributed by atoms with E-state index in [1.807, 2.05) is 24.3 Å². The number of halogens is 1. The zero-order valence-corrected chi connectivity index (χ0v) is 6.42. The van der Waals surface area contributed by atoms with Gasteiger partial charge in [-0.05, 0) is 35.4 Å². The summed E-state index contributed by atoms with van der Waals surface area (Å²) in [4.78, 5) is 0. The van der Waals surface area contributed by atoms with Crippen molar-refractivity contribution in [2.24, 2.45) is 0 Å². The van der Waals surface area contributed by atoms with Crippen LogP contribution in [0.4, 0.5) is 4.39 Å². The number of hydrogen-bond acceptors (Lipinski definition) is 0. The SMILES string of the molecule is [CH]c1cc(F)cc2ccccc12. The number of hydrogen-bond donors (Lipinski definition) is 0. The van der Waals surface area contributed by atoms with E-state index in [0.717, 1.165) is 10.8 Å². The van der Waals surface area contributed by atoms with E-state index in [9.17, 15) is 4.39 Å². The molecule has 58 valence electrons. The number of rotatable bonds is 0. The summed E-state index contributed by atoms with van der Waals surface area (Å²) in [6, 6.07) is 10.3. The molecule has 0 aliphatic carbocycles. The predicted octanol–water partition coefficient (Wildman–Crippen LogP) is 3.04. The Hall–Kier alpha value is -1.37. The Labute approximate surface area is 70.6 Å². The van der Waals surface area contributed by atoms with Crippen molar-refractivity contribution in [2.45, 2.75) is 0 Å². The average Bonchev–Trinajstić information content (AvgIpc) is 2.04. The first-order chi connectivity index (χ1) is 5.77. The first kappa shape index (κ1) is 7.29. The molecule has 0 aliphatic rings. The van der Waals surface area contributed by atoms with Gasteiger partial charge in [0.2, 0.25) is 0 Å². The van der Waals surface area contributed by atoms with Gasteiger partial charge in [0.15, 0.2) is 0 Å². The van der Waals surface area contributed by atoms with Crippen molar-refractivity contribution in [3.63, 3.8) is 0 Å². The minimum Gasteiger partial charge on any atom is -0.207 e. The zero-order chi connectivity index (χ0) is 8.55. The molecule has 0 saturated heterocycles. The number of benzene rings is 2. The second kappa shape index (κ2) is 2.59. The van der Waals surface area contributed by atoms with E-state index in [1.165, 1.54) is 12.1 Å². The van der Waals surface area contributed by atoms with Crippen LogP contribution in [0.2, 0.25) is 0 Å². The van der Waals surface area contributed by atoms with Crippen LogP contribution in [-0.4, -0.2) is 0 Å². The standard InChI is InChI=1S/C11H7F/c1-8-6-10(12)7-9-4-2-3-5-11(8)9/h1-7H. The van der Waals surface area contributed by atoms with E-state index in [1.54, 1.807) is 0 Å². The smallest absolute Gasteiger partial charge is 0.124 e. The fourth-order valence-corrected chi connectivity index (χ4v) is 1.30. The maximum absolute atomic E-state index is 12.8. The lowest BCUT2D eigenvalue weighted by molar-refractivity contribution is 0.629. The second-order valence-electron chi connectivity index (χ2n) is 2.72. The molecule has 2 radical (unpaired) electrons. The van der Waals surface area contributed by atoms with Gasteiger partial charge in [0.1, 0.15) is 5.82 Å². The summed E-state index contributed by atoms with van der Waals surface area (Å²) in [5, 5.41) is 1.74. The van der Waals surface area contributed by atoms with Gasteiger partial charge in [0, 0.05) is 0 Å². The predicted molar refractivity (Wildman–Crippen MR) is 47.3 cm³/mol. The minimum atomic E-state index is -0.286. The Balaban J connectivity index is 2.89. The summed E-state index contributed by atoms with van der Waals surface area (Å²) in [6.07, 6.45) is 0. The average molecular weight is 158 g/mol. The normalized spacial score (nSPS) is 10.5. The molecule has 12 heavy (non-hydrogen) atoms. The van der Waals surface area contributed by atoms with Gasteiger partial charge in [0.25, 0.3) is 0 Å². The van der Waals surface area contributed by atoms with Crippen LogP contribution in [0.5, 0.6) is 0 Å². The van der Waals surface area contributed by atoms with E-state index in [-0.39, 0.29) is 5.82 Å². The van der Waals surface area contributed by atoms with E-state index >= 15 is 0 Å². The molecule has 0 spiro atoms. The van der Waals surface area contributed by atoms with Gasteiger partial charge in [-0.3, -0.25) is 0 Å². The highest BCUT2D eigenvalue weighted by molar-refractivity contribution is 5.86. The highest BCUT2D eigenvalue weighted by Gasteiger charge is 1.98. The molecule has 0 saturated carbocycles. The summed E-state index contributed by atoms with van der Waals surface area (Å²) in [6.45, 7) is 5.62. The van der Waals surface area contributed by atoms with Gasteiger partial charge in [0.05, 0.1) is 0 Å². The van der Waals surface area contributed by atoms with Crippen LogP contribution in [0.1, 0.15) is 5.56 Å². The Morgan fingerprint density at radius 2 is 1.83 bits per heavy atom. The summed E-state index contributed by atoms with van der Waals surface area (Å²) in [5.74, 6) is -0.286. The fraction of sp³-hybridized carbons (Fsp3) is 0. The summed E-state index contributed by atoms with van der Waals surface area (Å²) < 4.78 is 12.8. The lowest BCUT2D eigenvalue weighted by Gasteiger charge is -2.00. The van der Waals surface area contributed by atoms with Crippen molar-refractivity contribution in [2.75, 3.05) is 0 Å². The molecule has 0 N–H and O–H groups in total. The molecule has 2 aromatic rings. The van der Waals surface area contributed by atoms with Crippen LogP contribution in [0.3, 0.4) is 0 Å². The largest absolute Gasteiger partial charge is 0.207 e. The van der Waals surface area contributed by atoms with Gasteiger partial charge in [-0.25, -0.2) is 4.39 Å². The first-order valence-electron chi connectivity index (χ1n) is 3.71. The van der Waals surface area contributed by atoms with Crippen molar-refractivity contribution in [3.05, 3.63) is 54.7 Å². The highest BCUT2D eigenvalue weighted by Crippen LogP contribution is 2.19. The van der Waals surface area contributed by atoms with Gasteiger partial charge in [-0.15, -0.1) is 0 Å². The van der Waals surface area contributed by atoms with Crippen LogP contribution in [0, 0.1) is 12.7 Å². The molecule has 0 heterocycles. The Kier molecular flexibility index (Phi) is 1.58. The Morgan fingerprint density at radius 1 is 1.08 bits per heavy atom. The van der Waals surface area contributed by atoms with Crippen molar-refractivity contribution >= 4 is 10.8 Å². The van der Waals surface area contributed by atoms with E-state index < -0.39 is 0 Å². The zero-order valence-electron chi connectivity index (χ0n) is 6.42. The van der Waals surface area contributed by atoms with Gasteiger partial charge < -0.3 is 0 Å². The quantitative estimate of drug-likeness (QED) is 0.552. The lowest BCUT2D eigenvalue weighted by atomic mass is 10.1. The van der Waals surface area contributed by atoms with E-state index in [4.69, 9.17) is 6.92 Å². The van der Waals surface area contributed by atoms with Gasteiger partial charge in [-0.2, -0.15) is 0 Å². The molecule has 0 amide bonds. The van der Waals surface area contributed by atoms with Crippen LogP contribution >= 0.6 is 0 Å². The number of fused-ring (bicyclic) bond motifs is 1. The van der Waals surface area contributed by atoms with Crippen molar-refractivity contribution in [1.29, 1.82) is 0 Å². The molecule has 0 aromatic heterocycles. The topological polar surface area (TPSA) is 0 Å². The molecule has 0 aliphatic heterocycles. The third-order valence-corrected chi connectivity index (χ3v) is 1.86. The third-order valence-electron chi connectivity index (χ3n) is 1.86. The maximum Gasteiger partial charge on any atom is 0.124 e. The van der Waals surface area contributed by atoms with Crippen LogP contribution < -0.4 is 0 Å². The first-order valence-corrected chi connectivity index (χ1v) is 3.71. The summed E-state index contributed by atoms with van der Waals surface area (Å²) in [7, 11) is 0. The molecule has 0 unspecified atom stereocenters. The van der Waals surface area contributed by atoms with E-state index in [2.05, 4.69) is 0 Å².